The van der Waals surface area contributed by atoms with Crippen molar-refractivity contribution in [2.75, 3.05) is 7.05 Å². The molecule has 0 aromatic carbocycles. The van der Waals surface area contributed by atoms with Gasteiger partial charge in [0.25, 0.3) is 0 Å². The first-order chi connectivity index (χ1) is 4.85. The molecule has 0 heterocycles. The van der Waals surface area contributed by atoms with Crippen LogP contribution in [-0.2, 0) is 0 Å². The van der Waals surface area contributed by atoms with Gasteiger partial charge in [0.2, 0.25) is 0 Å². The van der Waals surface area contributed by atoms with E-state index in [0.717, 1.165) is 5.92 Å². The molecule has 0 saturated heterocycles. The Morgan fingerprint density at radius 3 is 2.50 bits per heavy atom. The van der Waals surface area contributed by atoms with Crippen molar-refractivity contribution in [2.45, 2.75) is 33.1 Å². The van der Waals surface area contributed by atoms with Crippen LogP contribution in [0.1, 0.15) is 33.1 Å². The van der Waals surface area contributed by atoms with Crippen molar-refractivity contribution < 1.29 is 0 Å². The van der Waals surface area contributed by atoms with Gasteiger partial charge < -0.3 is 5.32 Å². The Morgan fingerprint density at radius 2 is 2.10 bits per heavy atom. The summed E-state index contributed by atoms with van der Waals surface area (Å²) in [6.07, 6.45) is 8.14. The molecule has 0 rings (SSSR count). The van der Waals surface area contributed by atoms with Crippen molar-refractivity contribution in [2.24, 2.45) is 5.92 Å². The zero-order valence-corrected chi connectivity index (χ0v) is 7.35. The van der Waals surface area contributed by atoms with Gasteiger partial charge in [-0.1, -0.05) is 26.3 Å². The second-order valence-electron chi connectivity index (χ2n) is 2.60. The normalized spacial score (nSPS) is 13.9. The largest absolute Gasteiger partial charge is 0.394 e. The molecule has 0 aliphatic rings. The van der Waals surface area contributed by atoms with Gasteiger partial charge in [-0.2, -0.15) is 0 Å². The van der Waals surface area contributed by atoms with Crippen LogP contribution in [-0.4, -0.2) is 7.05 Å². The van der Waals surface area contributed by atoms with Crippen LogP contribution in [0.4, 0.5) is 0 Å². The van der Waals surface area contributed by atoms with Gasteiger partial charge in [0.1, 0.15) is 0 Å². The monoisotopic (exact) mass is 141 g/mol. The third kappa shape index (κ3) is 4.42. The van der Waals surface area contributed by atoms with E-state index in [4.69, 9.17) is 0 Å². The number of allylic oxidation sites excluding steroid dienone is 1. The summed E-state index contributed by atoms with van der Waals surface area (Å²) in [4.78, 5) is 0. The molecule has 1 unspecified atom stereocenters. The van der Waals surface area contributed by atoms with Crippen LogP contribution >= 0.6 is 0 Å². The lowest BCUT2D eigenvalue weighted by molar-refractivity contribution is 0.561. The molecule has 1 nitrogen and oxygen atoms in total. The molecule has 0 spiro atoms. The molecule has 60 valence electrons. The molecule has 0 aromatic heterocycles. The Bertz CT molecular complexity index is 86.7. The molecular formula is C9H19N. The molecule has 0 saturated carbocycles. The van der Waals surface area contributed by atoms with Crippen LogP contribution in [0.5, 0.6) is 0 Å². The molecule has 0 fully saturated rings. The molecule has 0 amide bonds. The zero-order chi connectivity index (χ0) is 7.82. The average molecular weight is 141 g/mol. The molecule has 0 radical (unpaired) electrons. The molecule has 0 bridgehead atoms. The third-order valence-corrected chi connectivity index (χ3v) is 1.72. The van der Waals surface area contributed by atoms with Gasteiger partial charge in [0, 0.05) is 7.05 Å². The lowest BCUT2D eigenvalue weighted by Gasteiger charge is -2.06. The molecular weight excluding hydrogens is 122 g/mol. The summed E-state index contributed by atoms with van der Waals surface area (Å²) in [5, 5.41) is 3.01. The van der Waals surface area contributed by atoms with E-state index in [9.17, 15) is 0 Å². The minimum atomic E-state index is 0.775. The molecule has 0 aliphatic carbocycles. The summed E-state index contributed by atoms with van der Waals surface area (Å²) in [6.45, 7) is 4.47. The van der Waals surface area contributed by atoms with E-state index in [1.807, 2.05) is 13.2 Å². The van der Waals surface area contributed by atoms with Crippen molar-refractivity contribution >= 4 is 0 Å². The van der Waals surface area contributed by atoms with Crippen LogP contribution in [0.3, 0.4) is 0 Å². The Hall–Kier alpha value is -0.460. The van der Waals surface area contributed by atoms with Crippen molar-refractivity contribution in [1.82, 2.24) is 5.32 Å². The van der Waals surface area contributed by atoms with Gasteiger partial charge in [0.15, 0.2) is 0 Å². The summed E-state index contributed by atoms with van der Waals surface area (Å²) < 4.78 is 0. The van der Waals surface area contributed by atoms with Crippen molar-refractivity contribution in [3.63, 3.8) is 0 Å². The van der Waals surface area contributed by atoms with Crippen LogP contribution < -0.4 is 5.32 Å². The molecule has 1 N–H and O–H groups in total. The first-order valence-corrected chi connectivity index (χ1v) is 4.19. The minimum absolute atomic E-state index is 0.775. The average Bonchev–Trinajstić information content (AvgIpc) is 1.98. The topological polar surface area (TPSA) is 12.0 Å². The summed E-state index contributed by atoms with van der Waals surface area (Å²) in [5.41, 5.74) is 0. The quantitative estimate of drug-likeness (QED) is 0.620. The third-order valence-electron chi connectivity index (χ3n) is 1.72. The van der Waals surface area contributed by atoms with Crippen LogP contribution in [0.2, 0.25) is 0 Å². The van der Waals surface area contributed by atoms with Gasteiger partial charge >= 0.3 is 0 Å². The minimum Gasteiger partial charge on any atom is -0.394 e. The highest BCUT2D eigenvalue weighted by atomic mass is 14.8. The standard InChI is InChI=1S/C9H19N/c1-4-6-9(5-2)7-8-10-3/h7-10H,4-6H2,1-3H3/b8-7+. The van der Waals surface area contributed by atoms with Gasteiger partial charge in [-0.15, -0.1) is 0 Å². The molecule has 1 atom stereocenters. The molecule has 10 heavy (non-hydrogen) atoms. The first kappa shape index (κ1) is 9.54. The van der Waals surface area contributed by atoms with E-state index in [1.54, 1.807) is 0 Å². The summed E-state index contributed by atoms with van der Waals surface area (Å²) in [5.74, 6) is 0.775. The lowest BCUT2D eigenvalue weighted by Crippen LogP contribution is -1.97. The number of nitrogens with one attached hydrogen (secondary N) is 1. The number of hydrogen-bond acceptors (Lipinski definition) is 1. The fourth-order valence-electron chi connectivity index (χ4n) is 1.04. The van der Waals surface area contributed by atoms with E-state index < -0.39 is 0 Å². The Balaban J connectivity index is 3.48. The van der Waals surface area contributed by atoms with Gasteiger partial charge in [-0.05, 0) is 25.0 Å². The van der Waals surface area contributed by atoms with Gasteiger partial charge in [0.05, 0.1) is 0 Å². The van der Waals surface area contributed by atoms with Crippen LogP contribution in [0, 0.1) is 5.92 Å². The molecule has 0 aromatic rings. The molecule has 0 aliphatic heterocycles. The number of hydrogen-bond donors (Lipinski definition) is 1. The van der Waals surface area contributed by atoms with Crippen molar-refractivity contribution in [1.29, 1.82) is 0 Å². The fraction of sp³-hybridized carbons (Fsp3) is 0.778. The van der Waals surface area contributed by atoms with Gasteiger partial charge in [-0.25, -0.2) is 0 Å². The first-order valence-electron chi connectivity index (χ1n) is 4.19. The maximum Gasteiger partial charge on any atom is 0.00276 e. The lowest BCUT2D eigenvalue weighted by atomic mass is 10.0. The van der Waals surface area contributed by atoms with Gasteiger partial charge in [-0.3, -0.25) is 0 Å². The van der Waals surface area contributed by atoms with Crippen LogP contribution in [0.15, 0.2) is 12.3 Å². The summed E-state index contributed by atoms with van der Waals surface area (Å²) >= 11 is 0. The smallest absolute Gasteiger partial charge is 0.00276 e. The Kier molecular flexibility index (Phi) is 6.35. The van der Waals surface area contributed by atoms with E-state index in [2.05, 4.69) is 25.2 Å². The predicted octanol–water partition coefficient (Wildman–Crippen LogP) is 2.55. The molecule has 1 heteroatoms. The Labute approximate surface area is 64.5 Å². The van der Waals surface area contributed by atoms with E-state index in [1.165, 1.54) is 19.3 Å². The zero-order valence-electron chi connectivity index (χ0n) is 7.35. The Morgan fingerprint density at radius 1 is 1.40 bits per heavy atom. The highest BCUT2D eigenvalue weighted by molar-refractivity contribution is 4.84. The number of rotatable bonds is 5. The highest BCUT2D eigenvalue weighted by Crippen LogP contribution is 2.10. The second kappa shape index (κ2) is 6.66. The van der Waals surface area contributed by atoms with Crippen molar-refractivity contribution in [3.05, 3.63) is 12.3 Å². The summed E-state index contributed by atoms with van der Waals surface area (Å²) in [7, 11) is 1.94. The van der Waals surface area contributed by atoms with E-state index in [-0.39, 0.29) is 0 Å². The highest BCUT2D eigenvalue weighted by Gasteiger charge is 1.97. The van der Waals surface area contributed by atoms with E-state index in [0.29, 0.717) is 0 Å². The fourth-order valence-corrected chi connectivity index (χ4v) is 1.04. The van der Waals surface area contributed by atoms with Crippen LogP contribution in [0.25, 0.3) is 0 Å². The van der Waals surface area contributed by atoms with Crippen molar-refractivity contribution in [3.8, 4) is 0 Å². The maximum atomic E-state index is 3.01. The van der Waals surface area contributed by atoms with E-state index >= 15 is 0 Å². The predicted molar refractivity (Wildman–Crippen MR) is 46.9 cm³/mol. The SMILES string of the molecule is CCCC(/C=C/NC)CC. The summed E-state index contributed by atoms with van der Waals surface area (Å²) in [6, 6.07) is 0. The maximum absolute atomic E-state index is 3.01. The second-order valence-corrected chi connectivity index (χ2v) is 2.60.